The molecule has 2 heteroatoms. The van der Waals surface area contributed by atoms with Gasteiger partial charge in [0.2, 0.25) is 0 Å². The van der Waals surface area contributed by atoms with Crippen molar-refractivity contribution in [2.45, 2.75) is 0 Å². The highest BCUT2D eigenvalue weighted by Crippen LogP contribution is 1.95. The van der Waals surface area contributed by atoms with Gasteiger partial charge in [0.25, 0.3) is 0 Å². The van der Waals surface area contributed by atoms with Crippen LogP contribution in [0.2, 0.25) is 0 Å². The zero-order chi connectivity index (χ0) is 6.53. The quantitative estimate of drug-likeness (QED) is 0.445. The smallest absolute Gasteiger partial charge is 0.176 e. The Morgan fingerprint density at radius 3 is 3.11 bits per heavy atom. The van der Waals surface area contributed by atoms with Crippen LogP contribution in [0.15, 0.2) is 22.8 Å². The summed E-state index contributed by atoms with van der Waals surface area (Å²) < 4.78 is 4.94. The fourth-order valence-electron chi connectivity index (χ4n) is 0.470. The predicted molar refractivity (Wildman–Crippen MR) is 39.4 cm³/mol. The summed E-state index contributed by atoms with van der Waals surface area (Å²) in [5.74, 6) is 6.35. The fraction of sp³-hybridized carbons (Fsp3) is 0.143. The highest BCUT2D eigenvalue weighted by Gasteiger charge is 1.82. The second kappa shape index (κ2) is 3.37. The van der Waals surface area contributed by atoms with Crippen molar-refractivity contribution in [3.8, 4) is 11.8 Å². The zero-order valence-corrected chi connectivity index (χ0v) is 6.31. The Balaban J connectivity index is 2.67. The standard InChI is InChI=1S/C7H5BrO/c8-5-1-3-7-4-2-6-9-7/h2,4,6H,5H2. The minimum atomic E-state index is 0.688. The van der Waals surface area contributed by atoms with Crippen molar-refractivity contribution in [1.82, 2.24) is 0 Å². The molecule has 0 spiro atoms. The number of alkyl halides is 1. The van der Waals surface area contributed by atoms with Gasteiger partial charge in [0.05, 0.1) is 11.6 Å². The monoisotopic (exact) mass is 184 g/mol. The number of rotatable bonds is 0. The molecule has 0 radical (unpaired) electrons. The van der Waals surface area contributed by atoms with Crippen molar-refractivity contribution in [1.29, 1.82) is 0 Å². The molecule has 46 valence electrons. The molecule has 0 atom stereocenters. The maximum Gasteiger partial charge on any atom is 0.176 e. The molecule has 0 aliphatic heterocycles. The molecule has 1 aromatic rings. The molecule has 1 nitrogen and oxygen atoms in total. The van der Waals surface area contributed by atoms with Gasteiger partial charge in [-0.25, -0.2) is 0 Å². The summed E-state index contributed by atoms with van der Waals surface area (Å²) in [5.41, 5.74) is 0. The molecule has 9 heavy (non-hydrogen) atoms. The Bertz CT molecular complexity index is 215. The molecule has 0 aliphatic rings. The van der Waals surface area contributed by atoms with Gasteiger partial charge < -0.3 is 4.42 Å². The highest BCUT2D eigenvalue weighted by atomic mass is 79.9. The third-order valence-corrected chi connectivity index (χ3v) is 1.08. The minimum absolute atomic E-state index is 0.688. The van der Waals surface area contributed by atoms with Crippen LogP contribution in [-0.2, 0) is 0 Å². The van der Waals surface area contributed by atoms with Crippen LogP contribution in [0.25, 0.3) is 0 Å². The summed E-state index contributed by atoms with van der Waals surface area (Å²) in [7, 11) is 0. The summed E-state index contributed by atoms with van der Waals surface area (Å²) in [5, 5.41) is 0.688. The topological polar surface area (TPSA) is 13.1 Å². The first-order valence-corrected chi connectivity index (χ1v) is 3.64. The molecule has 1 rings (SSSR count). The molecule has 0 aliphatic carbocycles. The van der Waals surface area contributed by atoms with Crippen molar-refractivity contribution < 1.29 is 4.42 Å². The summed E-state index contributed by atoms with van der Waals surface area (Å²) in [6.45, 7) is 0. The first kappa shape index (κ1) is 6.44. The van der Waals surface area contributed by atoms with Gasteiger partial charge in [-0.15, -0.1) is 0 Å². The average molecular weight is 185 g/mol. The summed E-state index contributed by atoms with van der Waals surface area (Å²) in [4.78, 5) is 0. The van der Waals surface area contributed by atoms with E-state index in [0.717, 1.165) is 5.76 Å². The van der Waals surface area contributed by atoms with Crippen molar-refractivity contribution in [3.63, 3.8) is 0 Å². The average Bonchev–Trinajstić information content (AvgIpc) is 2.34. The van der Waals surface area contributed by atoms with Crippen LogP contribution >= 0.6 is 15.9 Å². The normalized spacial score (nSPS) is 8.11. The number of halogens is 1. The minimum Gasteiger partial charge on any atom is -0.456 e. The third-order valence-electron chi connectivity index (χ3n) is 0.800. The van der Waals surface area contributed by atoms with Gasteiger partial charge in [-0.1, -0.05) is 21.9 Å². The molecule has 1 aromatic heterocycles. The van der Waals surface area contributed by atoms with Crippen molar-refractivity contribution in [2.75, 3.05) is 5.33 Å². The van der Waals surface area contributed by atoms with Gasteiger partial charge in [0.15, 0.2) is 5.76 Å². The van der Waals surface area contributed by atoms with E-state index in [0.29, 0.717) is 5.33 Å². The summed E-state index contributed by atoms with van der Waals surface area (Å²) in [6, 6.07) is 3.65. The lowest BCUT2D eigenvalue weighted by Gasteiger charge is -1.73. The Morgan fingerprint density at radius 1 is 1.67 bits per heavy atom. The third kappa shape index (κ3) is 1.95. The zero-order valence-electron chi connectivity index (χ0n) is 4.73. The van der Waals surface area contributed by atoms with E-state index in [1.54, 1.807) is 6.26 Å². The van der Waals surface area contributed by atoms with Gasteiger partial charge in [0.1, 0.15) is 0 Å². The lowest BCUT2D eigenvalue weighted by molar-refractivity contribution is 0.554. The largest absolute Gasteiger partial charge is 0.456 e. The lowest BCUT2D eigenvalue weighted by atomic mass is 10.4. The SMILES string of the molecule is BrCC#Cc1ccco1. The van der Waals surface area contributed by atoms with E-state index < -0.39 is 0 Å². The number of hydrogen-bond donors (Lipinski definition) is 0. The molecule has 0 saturated heterocycles. The van der Waals surface area contributed by atoms with Crippen LogP contribution in [0.1, 0.15) is 5.76 Å². The molecule has 0 amide bonds. The second-order valence-electron chi connectivity index (χ2n) is 1.41. The molecule has 0 saturated carbocycles. The van der Waals surface area contributed by atoms with Gasteiger partial charge in [0, 0.05) is 0 Å². The van der Waals surface area contributed by atoms with Crippen molar-refractivity contribution in [2.24, 2.45) is 0 Å². The molecule has 0 N–H and O–H groups in total. The van der Waals surface area contributed by atoms with Crippen LogP contribution < -0.4 is 0 Å². The molecule has 1 heterocycles. The molecular weight excluding hydrogens is 180 g/mol. The Labute approximate surface area is 62.2 Å². The van der Waals surface area contributed by atoms with Crippen LogP contribution in [-0.4, -0.2) is 5.33 Å². The molecule has 0 fully saturated rings. The molecule has 0 bridgehead atoms. The summed E-state index contributed by atoms with van der Waals surface area (Å²) >= 11 is 3.18. The maximum absolute atomic E-state index is 4.94. The van der Waals surface area contributed by atoms with E-state index in [1.807, 2.05) is 12.1 Å². The van der Waals surface area contributed by atoms with Crippen molar-refractivity contribution >= 4 is 15.9 Å². The van der Waals surface area contributed by atoms with Crippen LogP contribution in [0.3, 0.4) is 0 Å². The van der Waals surface area contributed by atoms with E-state index in [2.05, 4.69) is 27.8 Å². The Kier molecular flexibility index (Phi) is 2.41. The van der Waals surface area contributed by atoms with Crippen LogP contribution in [0, 0.1) is 11.8 Å². The Hall–Kier alpha value is -0.680. The number of hydrogen-bond acceptors (Lipinski definition) is 1. The lowest BCUT2D eigenvalue weighted by Crippen LogP contribution is -1.63. The van der Waals surface area contributed by atoms with E-state index in [1.165, 1.54) is 0 Å². The maximum atomic E-state index is 4.94. The van der Waals surface area contributed by atoms with Crippen LogP contribution in [0.4, 0.5) is 0 Å². The van der Waals surface area contributed by atoms with Gasteiger partial charge in [-0.2, -0.15) is 0 Å². The highest BCUT2D eigenvalue weighted by molar-refractivity contribution is 9.09. The van der Waals surface area contributed by atoms with Gasteiger partial charge in [-0.05, 0) is 18.1 Å². The van der Waals surface area contributed by atoms with E-state index in [-0.39, 0.29) is 0 Å². The fourth-order valence-corrected chi connectivity index (χ4v) is 0.610. The first-order valence-electron chi connectivity index (χ1n) is 2.52. The van der Waals surface area contributed by atoms with Gasteiger partial charge in [-0.3, -0.25) is 0 Å². The number of furan rings is 1. The van der Waals surface area contributed by atoms with Crippen LogP contribution in [0.5, 0.6) is 0 Å². The van der Waals surface area contributed by atoms with E-state index in [4.69, 9.17) is 4.42 Å². The Morgan fingerprint density at radius 2 is 2.56 bits per heavy atom. The molecule has 0 aromatic carbocycles. The first-order chi connectivity index (χ1) is 4.43. The van der Waals surface area contributed by atoms with E-state index in [9.17, 15) is 0 Å². The van der Waals surface area contributed by atoms with E-state index >= 15 is 0 Å². The summed E-state index contributed by atoms with van der Waals surface area (Å²) in [6.07, 6.45) is 1.61. The van der Waals surface area contributed by atoms with Gasteiger partial charge >= 0.3 is 0 Å². The predicted octanol–water partition coefficient (Wildman–Crippen LogP) is 2.03. The second-order valence-corrected chi connectivity index (χ2v) is 1.97. The molecule has 0 unspecified atom stereocenters. The molecular formula is C7H5BrO. The van der Waals surface area contributed by atoms with Crippen molar-refractivity contribution in [3.05, 3.63) is 24.2 Å².